The van der Waals surface area contributed by atoms with Crippen LogP contribution in [0, 0.1) is 11.3 Å². The fourth-order valence-electron chi connectivity index (χ4n) is 1.26. The number of benzene rings is 1. The van der Waals surface area contributed by atoms with Gasteiger partial charge in [0.15, 0.2) is 0 Å². The van der Waals surface area contributed by atoms with Gasteiger partial charge in [-0.25, -0.2) is 0 Å². The van der Waals surface area contributed by atoms with Crippen molar-refractivity contribution in [3.63, 3.8) is 0 Å². The smallest absolute Gasteiger partial charge is 0.310 e. The summed E-state index contributed by atoms with van der Waals surface area (Å²) in [5.41, 5.74) is 0.887. The standard InChI is InChI=1S/C11H9BrClNO2/c1-2-16-11(15)4-7-3-8(12)5-10(13)9(7)6-14/h3,5H,2,4H2,1H3. The Labute approximate surface area is 107 Å². The van der Waals surface area contributed by atoms with Crippen LogP contribution in [0.5, 0.6) is 0 Å². The molecule has 1 rings (SSSR count). The molecule has 0 saturated heterocycles. The van der Waals surface area contributed by atoms with Gasteiger partial charge in [0.1, 0.15) is 6.07 Å². The minimum absolute atomic E-state index is 0.0515. The number of hydrogen-bond acceptors (Lipinski definition) is 3. The van der Waals surface area contributed by atoms with Crippen molar-refractivity contribution in [3.8, 4) is 6.07 Å². The first-order valence-corrected chi connectivity index (χ1v) is 5.79. The zero-order chi connectivity index (χ0) is 12.1. The molecule has 0 aliphatic rings. The molecule has 0 amide bonds. The lowest BCUT2D eigenvalue weighted by atomic mass is 10.1. The highest BCUT2D eigenvalue weighted by Crippen LogP contribution is 2.25. The molecule has 0 atom stereocenters. The van der Waals surface area contributed by atoms with E-state index in [2.05, 4.69) is 15.9 Å². The average Bonchev–Trinajstić information content (AvgIpc) is 2.17. The van der Waals surface area contributed by atoms with Gasteiger partial charge < -0.3 is 4.74 Å². The van der Waals surface area contributed by atoms with Crippen molar-refractivity contribution >= 4 is 33.5 Å². The molecule has 0 N–H and O–H groups in total. The fraction of sp³-hybridized carbons (Fsp3) is 0.273. The molecule has 0 heterocycles. The maximum Gasteiger partial charge on any atom is 0.310 e. The van der Waals surface area contributed by atoms with Crippen LogP contribution in [-0.4, -0.2) is 12.6 Å². The third-order valence-corrected chi connectivity index (χ3v) is 2.64. The maximum absolute atomic E-state index is 11.3. The summed E-state index contributed by atoms with van der Waals surface area (Å²) in [7, 11) is 0. The second-order valence-corrected chi connectivity index (χ2v) is 4.34. The lowest BCUT2D eigenvalue weighted by molar-refractivity contribution is -0.142. The zero-order valence-electron chi connectivity index (χ0n) is 8.59. The minimum Gasteiger partial charge on any atom is -0.466 e. The molecule has 0 radical (unpaired) electrons. The zero-order valence-corrected chi connectivity index (χ0v) is 10.9. The Morgan fingerprint density at radius 1 is 1.62 bits per heavy atom. The lowest BCUT2D eigenvalue weighted by Gasteiger charge is -2.06. The van der Waals surface area contributed by atoms with Crippen molar-refractivity contribution in [2.75, 3.05) is 6.61 Å². The van der Waals surface area contributed by atoms with Crippen molar-refractivity contribution < 1.29 is 9.53 Å². The number of rotatable bonds is 3. The van der Waals surface area contributed by atoms with Gasteiger partial charge >= 0.3 is 5.97 Å². The van der Waals surface area contributed by atoms with E-state index >= 15 is 0 Å². The van der Waals surface area contributed by atoms with Gasteiger partial charge in [0.05, 0.1) is 23.6 Å². The summed E-state index contributed by atoms with van der Waals surface area (Å²) < 4.78 is 5.55. The number of halogens is 2. The number of nitrogens with zero attached hydrogens (tertiary/aromatic N) is 1. The van der Waals surface area contributed by atoms with E-state index in [1.807, 2.05) is 6.07 Å². The third-order valence-electron chi connectivity index (χ3n) is 1.89. The molecule has 1 aromatic rings. The molecule has 0 bridgehead atoms. The summed E-state index contributed by atoms with van der Waals surface area (Å²) in [6.45, 7) is 2.06. The van der Waals surface area contributed by atoms with Crippen LogP contribution >= 0.6 is 27.5 Å². The quantitative estimate of drug-likeness (QED) is 0.806. The molecular weight excluding hydrogens is 293 g/mol. The van der Waals surface area contributed by atoms with Crippen molar-refractivity contribution in [2.24, 2.45) is 0 Å². The van der Waals surface area contributed by atoms with E-state index in [1.54, 1.807) is 19.1 Å². The summed E-state index contributed by atoms with van der Waals surface area (Å²) in [6.07, 6.45) is 0.0515. The van der Waals surface area contributed by atoms with Crippen molar-refractivity contribution in [3.05, 3.63) is 32.8 Å². The first-order chi connectivity index (χ1) is 7.58. The summed E-state index contributed by atoms with van der Waals surface area (Å²) in [4.78, 5) is 11.3. The monoisotopic (exact) mass is 301 g/mol. The molecule has 0 fully saturated rings. The summed E-state index contributed by atoms with van der Waals surface area (Å²) in [5, 5.41) is 9.26. The summed E-state index contributed by atoms with van der Waals surface area (Å²) in [6, 6.07) is 5.29. The van der Waals surface area contributed by atoms with Crippen molar-refractivity contribution in [1.29, 1.82) is 5.26 Å². The van der Waals surface area contributed by atoms with Gasteiger partial charge in [-0.1, -0.05) is 27.5 Å². The molecule has 0 aliphatic carbocycles. The molecule has 0 aromatic heterocycles. The Bertz CT molecular complexity index is 454. The molecular formula is C11H9BrClNO2. The normalized spacial score (nSPS) is 9.62. The Morgan fingerprint density at radius 2 is 2.31 bits per heavy atom. The highest BCUT2D eigenvalue weighted by atomic mass is 79.9. The van der Waals surface area contributed by atoms with Crippen LogP contribution in [0.15, 0.2) is 16.6 Å². The highest BCUT2D eigenvalue weighted by molar-refractivity contribution is 9.10. The topological polar surface area (TPSA) is 50.1 Å². The molecule has 5 heteroatoms. The summed E-state index contributed by atoms with van der Waals surface area (Å²) in [5.74, 6) is -0.367. The van der Waals surface area contributed by atoms with E-state index in [0.29, 0.717) is 22.8 Å². The molecule has 84 valence electrons. The number of esters is 1. The second-order valence-electron chi connectivity index (χ2n) is 3.02. The van der Waals surface area contributed by atoms with Gasteiger partial charge in [-0.15, -0.1) is 0 Å². The molecule has 3 nitrogen and oxygen atoms in total. The maximum atomic E-state index is 11.3. The number of carbonyl (C=O) groups excluding carboxylic acids is 1. The van der Waals surface area contributed by atoms with Crippen LogP contribution in [0.2, 0.25) is 5.02 Å². The van der Waals surface area contributed by atoms with E-state index in [0.717, 1.165) is 4.47 Å². The largest absolute Gasteiger partial charge is 0.466 e. The lowest BCUT2D eigenvalue weighted by Crippen LogP contribution is -2.08. The molecule has 0 aliphatic heterocycles. The van der Waals surface area contributed by atoms with Crippen molar-refractivity contribution in [2.45, 2.75) is 13.3 Å². The SMILES string of the molecule is CCOC(=O)Cc1cc(Br)cc(Cl)c1C#N. The van der Waals surface area contributed by atoms with E-state index in [-0.39, 0.29) is 12.4 Å². The minimum atomic E-state index is -0.367. The summed E-state index contributed by atoms with van der Waals surface area (Å²) >= 11 is 9.15. The van der Waals surface area contributed by atoms with E-state index in [1.165, 1.54) is 0 Å². The van der Waals surface area contributed by atoms with Crippen LogP contribution < -0.4 is 0 Å². The number of ether oxygens (including phenoxy) is 1. The Balaban J connectivity index is 3.04. The molecule has 16 heavy (non-hydrogen) atoms. The first-order valence-electron chi connectivity index (χ1n) is 4.62. The van der Waals surface area contributed by atoms with E-state index in [4.69, 9.17) is 21.6 Å². The molecule has 0 saturated carbocycles. The predicted molar refractivity (Wildman–Crippen MR) is 64.2 cm³/mol. The van der Waals surface area contributed by atoms with E-state index in [9.17, 15) is 4.79 Å². The molecule has 0 unspecified atom stereocenters. The average molecular weight is 303 g/mol. The Kier molecular flexibility index (Phi) is 4.78. The highest BCUT2D eigenvalue weighted by Gasteiger charge is 2.12. The van der Waals surface area contributed by atoms with E-state index < -0.39 is 0 Å². The van der Waals surface area contributed by atoms with Gasteiger partial charge in [0.2, 0.25) is 0 Å². The number of hydrogen-bond donors (Lipinski definition) is 0. The Hall–Kier alpha value is -1.05. The van der Waals surface area contributed by atoms with Gasteiger partial charge in [0, 0.05) is 4.47 Å². The molecule has 0 spiro atoms. The van der Waals surface area contributed by atoms with Gasteiger partial charge in [-0.05, 0) is 24.6 Å². The Morgan fingerprint density at radius 3 is 2.88 bits per heavy atom. The van der Waals surface area contributed by atoms with Crippen LogP contribution in [0.3, 0.4) is 0 Å². The number of carbonyl (C=O) groups is 1. The van der Waals surface area contributed by atoms with Gasteiger partial charge in [-0.2, -0.15) is 5.26 Å². The third kappa shape index (κ3) is 3.22. The van der Waals surface area contributed by atoms with Gasteiger partial charge in [0.25, 0.3) is 0 Å². The first kappa shape index (κ1) is 13.0. The second kappa shape index (κ2) is 5.88. The predicted octanol–water partition coefficient (Wildman–Crippen LogP) is 3.08. The van der Waals surface area contributed by atoms with Crippen molar-refractivity contribution in [1.82, 2.24) is 0 Å². The van der Waals surface area contributed by atoms with Crippen LogP contribution in [-0.2, 0) is 16.0 Å². The van der Waals surface area contributed by atoms with Crippen LogP contribution in [0.25, 0.3) is 0 Å². The number of nitriles is 1. The van der Waals surface area contributed by atoms with Crippen LogP contribution in [0.1, 0.15) is 18.1 Å². The molecule has 1 aromatic carbocycles. The van der Waals surface area contributed by atoms with Crippen LogP contribution in [0.4, 0.5) is 0 Å². The van der Waals surface area contributed by atoms with Gasteiger partial charge in [-0.3, -0.25) is 4.79 Å². The fourth-order valence-corrected chi connectivity index (χ4v) is 2.18.